The van der Waals surface area contributed by atoms with Gasteiger partial charge in [-0.1, -0.05) is 0 Å². The van der Waals surface area contributed by atoms with Gasteiger partial charge in [0.05, 0.1) is 11.7 Å². The van der Waals surface area contributed by atoms with Crippen molar-refractivity contribution < 1.29 is 4.79 Å². The number of hydrogen-bond acceptors (Lipinski definition) is 5. The summed E-state index contributed by atoms with van der Waals surface area (Å²) in [6, 6.07) is 0.366. The van der Waals surface area contributed by atoms with E-state index in [1.165, 1.54) is 17.0 Å². The number of piperazine rings is 1. The van der Waals surface area contributed by atoms with Crippen LogP contribution in [0.4, 0.5) is 5.13 Å². The molecule has 0 aromatic carbocycles. The van der Waals surface area contributed by atoms with Gasteiger partial charge in [-0.15, -0.1) is 11.3 Å². The van der Waals surface area contributed by atoms with Crippen LogP contribution in [0.2, 0.25) is 0 Å². The third kappa shape index (κ3) is 2.34. The highest BCUT2D eigenvalue weighted by Gasteiger charge is 2.42. The highest BCUT2D eigenvalue weighted by atomic mass is 32.1. The molecule has 1 aromatic rings. The lowest BCUT2D eigenvalue weighted by Crippen LogP contribution is -2.62. The largest absolute Gasteiger partial charge is 0.342 e. The SMILES string of the molecule is CNC1CCCc2sc(N3CCN(C)C(=O)C3(C)C)nc21. The molecule has 1 N–H and O–H groups in total. The summed E-state index contributed by atoms with van der Waals surface area (Å²) in [4.78, 5) is 22.7. The zero-order valence-electron chi connectivity index (χ0n) is 13.3. The molecule has 1 aliphatic carbocycles. The number of nitrogens with one attached hydrogen (secondary N) is 1. The van der Waals surface area contributed by atoms with Crippen LogP contribution in [-0.2, 0) is 11.2 Å². The molecular weight excluding hydrogens is 284 g/mol. The molecule has 0 saturated carbocycles. The normalized spacial score (nSPS) is 25.1. The summed E-state index contributed by atoms with van der Waals surface area (Å²) in [6.45, 7) is 5.62. The third-order valence-electron chi connectivity index (χ3n) is 4.73. The topological polar surface area (TPSA) is 48.5 Å². The molecule has 1 unspecified atom stereocenters. The summed E-state index contributed by atoms with van der Waals surface area (Å²) in [5.74, 6) is 0.173. The number of thiazole rings is 1. The molecule has 1 amide bonds. The molecule has 0 bridgehead atoms. The van der Waals surface area contributed by atoms with Crippen LogP contribution in [0.3, 0.4) is 0 Å². The van der Waals surface area contributed by atoms with Crippen molar-refractivity contribution in [2.45, 2.75) is 44.7 Å². The fourth-order valence-electron chi connectivity index (χ4n) is 3.35. The van der Waals surface area contributed by atoms with Crippen molar-refractivity contribution in [3.05, 3.63) is 10.6 Å². The number of carbonyl (C=O) groups is 1. The van der Waals surface area contributed by atoms with E-state index in [0.29, 0.717) is 6.04 Å². The Morgan fingerprint density at radius 3 is 2.86 bits per heavy atom. The molecule has 3 rings (SSSR count). The summed E-state index contributed by atoms with van der Waals surface area (Å²) in [7, 11) is 3.88. The van der Waals surface area contributed by atoms with Gasteiger partial charge in [0, 0.05) is 25.0 Å². The Labute approximate surface area is 130 Å². The molecule has 116 valence electrons. The van der Waals surface area contributed by atoms with Crippen LogP contribution < -0.4 is 10.2 Å². The summed E-state index contributed by atoms with van der Waals surface area (Å²) in [6.07, 6.45) is 3.48. The maximum absolute atomic E-state index is 12.4. The Bertz CT molecular complexity index is 554. The Morgan fingerprint density at radius 2 is 2.14 bits per heavy atom. The summed E-state index contributed by atoms with van der Waals surface area (Å²) >= 11 is 1.77. The average molecular weight is 308 g/mol. The Kier molecular flexibility index (Phi) is 3.69. The number of hydrogen-bond donors (Lipinski definition) is 1. The van der Waals surface area contributed by atoms with E-state index in [9.17, 15) is 4.79 Å². The molecule has 1 fully saturated rings. The number of aromatic nitrogens is 1. The number of likely N-dealkylation sites (N-methyl/N-ethyl adjacent to an activating group) is 1. The first-order valence-electron chi connectivity index (χ1n) is 7.65. The quantitative estimate of drug-likeness (QED) is 0.905. The van der Waals surface area contributed by atoms with E-state index >= 15 is 0 Å². The van der Waals surface area contributed by atoms with E-state index in [2.05, 4.69) is 10.2 Å². The van der Waals surface area contributed by atoms with Crippen molar-refractivity contribution in [2.24, 2.45) is 0 Å². The molecule has 1 atom stereocenters. The van der Waals surface area contributed by atoms with E-state index in [4.69, 9.17) is 4.98 Å². The number of amides is 1. The molecular formula is C15H24N4OS. The van der Waals surface area contributed by atoms with Crippen LogP contribution in [0.1, 0.15) is 43.3 Å². The lowest BCUT2D eigenvalue weighted by molar-refractivity contribution is -0.136. The molecule has 0 radical (unpaired) electrons. The van der Waals surface area contributed by atoms with Crippen LogP contribution in [0.25, 0.3) is 0 Å². The van der Waals surface area contributed by atoms with Crippen molar-refractivity contribution in [1.29, 1.82) is 0 Å². The number of nitrogens with zero attached hydrogens (tertiary/aromatic N) is 3. The molecule has 1 aliphatic heterocycles. The molecule has 1 saturated heterocycles. The number of aryl methyl sites for hydroxylation is 1. The molecule has 21 heavy (non-hydrogen) atoms. The maximum atomic E-state index is 12.4. The van der Waals surface area contributed by atoms with Gasteiger partial charge in [-0.05, 0) is 40.2 Å². The van der Waals surface area contributed by atoms with Crippen molar-refractivity contribution in [3.8, 4) is 0 Å². The fraction of sp³-hybridized carbons (Fsp3) is 0.733. The molecule has 5 nitrogen and oxygen atoms in total. The van der Waals surface area contributed by atoms with Gasteiger partial charge in [0.2, 0.25) is 5.91 Å². The molecule has 1 aromatic heterocycles. The Hall–Kier alpha value is -1.14. The predicted molar refractivity (Wildman–Crippen MR) is 85.9 cm³/mol. The lowest BCUT2D eigenvalue weighted by atomic mass is 9.97. The fourth-order valence-corrected chi connectivity index (χ4v) is 4.68. The first kappa shape index (κ1) is 14.8. The second kappa shape index (κ2) is 5.25. The highest BCUT2D eigenvalue weighted by molar-refractivity contribution is 7.15. The van der Waals surface area contributed by atoms with Crippen molar-refractivity contribution in [2.75, 3.05) is 32.1 Å². The summed E-state index contributed by atoms with van der Waals surface area (Å²) in [5, 5.41) is 4.37. The average Bonchev–Trinajstić information content (AvgIpc) is 2.88. The minimum absolute atomic E-state index is 0.173. The second-order valence-corrected chi connectivity index (χ2v) is 7.54. The second-order valence-electron chi connectivity index (χ2n) is 6.48. The minimum Gasteiger partial charge on any atom is -0.342 e. The van der Waals surface area contributed by atoms with Crippen molar-refractivity contribution in [1.82, 2.24) is 15.2 Å². The van der Waals surface area contributed by atoms with E-state index in [1.807, 2.05) is 32.8 Å². The smallest absolute Gasteiger partial charge is 0.247 e. The standard InChI is InChI=1S/C15H24N4OS/c1-15(2)13(20)18(4)8-9-19(15)14-17-12-10(16-3)6-5-7-11(12)21-14/h10,16H,5-9H2,1-4H3. The first-order chi connectivity index (χ1) is 9.95. The van der Waals surface area contributed by atoms with E-state index < -0.39 is 5.54 Å². The number of carbonyl (C=O) groups excluding carboxylic acids is 1. The minimum atomic E-state index is -0.511. The zero-order valence-corrected chi connectivity index (χ0v) is 14.1. The van der Waals surface area contributed by atoms with Crippen LogP contribution in [-0.4, -0.2) is 48.5 Å². The van der Waals surface area contributed by atoms with Gasteiger partial charge in [-0.25, -0.2) is 4.98 Å². The molecule has 2 heterocycles. The van der Waals surface area contributed by atoms with Gasteiger partial charge < -0.3 is 15.1 Å². The molecule has 6 heteroatoms. The van der Waals surface area contributed by atoms with E-state index in [1.54, 1.807) is 11.3 Å². The van der Waals surface area contributed by atoms with Gasteiger partial charge in [0.15, 0.2) is 5.13 Å². The Morgan fingerprint density at radius 1 is 1.38 bits per heavy atom. The van der Waals surface area contributed by atoms with Gasteiger partial charge in [0.25, 0.3) is 0 Å². The maximum Gasteiger partial charge on any atom is 0.247 e. The number of fused-ring (bicyclic) bond motifs is 1. The van der Waals surface area contributed by atoms with Crippen LogP contribution in [0.15, 0.2) is 0 Å². The van der Waals surface area contributed by atoms with Gasteiger partial charge in [-0.3, -0.25) is 4.79 Å². The number of rotatable bonds is 2. The van der Waals surface area contributed by atoms with E-state index in [0.717, 1.165) is 31.1 Å². The van der Waals surface area contributed by atoms with E-state index in [-0.39, 0.29) is 5.91 Å². The van der Waals surface area contributed by atoms with Gasteiger partial charge in [0.1, 0.15) is 5.54 Å². The van der Waals surface area contributed by atoms with Crippen LogP contribution in [0.5, 0.6) is 0 Å². The highest BCUT2D eigenvalue weighted by Crippen LogP contribution is 2.39. The molecule has 0 spiro atoms. The van der Waals surface area contributed by atoms with Crippen molar-refractivity contribution in [3.63, 3.8) is 0 Å². The number of anilines is 1. The first-order valence-corrected chi connectivity index (χ1v) is 8.47. The monoisotopic (exact) mass is 308 g/mol. The predicted octanol–water partition coefficient (Wildman–Crippen LogP) is 1.80. The summed E-state index contributed by atoms with van der Waals surface area (Å²) < 4.78 is 0. The van der Waals surface area contributed by atoms with Crippen LogP contribution >= 0.6 is 11.3 Å². The van der Waals surface area contributed by atoms with Crippen LogP contribution in [0, 0.1) is 0 Å². The zero-order chi connectivity index (χ0) is 15.2. The lowest BCUT2D eigenvalue weighted by Gasteiger charge is -2.44. The van der Waals surface area contributed by atoms with Crippen molar-refractivity contribution >= 4 is 22.4 Å². The molecule has 2 aliphatic rings. The third-order valence-corrected chi connectivity index (χ3v) is 5.88. The van der Waals surface area contributed by atoms with Gasteiger partial charge in [-0.2, -0.15) is 0 Å². The Balaban J connectivity index is 1.94. The summed E-state index contributed by atoms with van der Waals surface area (Å²) in [5.41, 5.74) is 0.689. The van der Waals surface area contributed by atoms with Gasteiger partial charge >= 0.3 is 0 Å².